The van der Waals surface area contributed by atoms with Gasteiger partial charge in [0, 0.05) is 7.05 Å². The summed E-state index contributed by atoms with van der Waals surface area (Å²) in [5.74, 6) is 0. The van der Waals surface area contributed by atoms with Gasteiger partial charge in [-0.1, -0.05) is 11.3 Å². The second-order valence-electron chi connectivity index (χ2n) is 3.37. The van der Waals surface area contributed by atoms with Crippen LogP contribution in [0.2, 0.25) is 0 Å². The summed E-state index contributed by atoms with van der Waals surface area (Å²) in [7, 11) is 1.89. The molecule has 0 fully saturated rings. The van der Waals surface area contributed by atoms with E-state index in [1.807, 2.05) is 25.8 Å². The average molecular weight is 266 g/mol. The first-order chi connectivity index (χ1) is 5.97. The molecule has 0 aliphatic heterocycles. The van der Waals surface area contributed by atoms with Crippen molar-refractivity contribution in [2.24, 2.45) is 0 Å². The quantitative estimate of drug-likeness (QED) is 0.900. The lowest BCUT2D eigenvalue weighted by atomic mass is 10.1. The molecule has 0 aliphatic rings. The summed E-state index contributed by atoms with van der Waals surface area (Å²) in [4.78, 5) is 1.91. The van der Waals surface area contributed by atoms with Gasteiger partial charge in [0.25, 0.3) is 0 Å². The Kier molecular flexibility index (Phi) is 3.26. The summed E-state index contributed by atoms with van der Waals surface area (Å²) in [5.41, 5.74) is -0.307. The molecular formula is C7H12BrN3OS. The van der Waals surface area contributed by atoms with Gasteiger partial charge in [0.2, 0.25) is 5.13 Å². The number of aliphatic hydroxyl groups excluding tert-OH is 1. The van der Waals surface area contributed by atoms with E-state index in [4.69, 9.17) is 5.11 Å². The Hall–Kier alpha value is -0.200. The zero-order valence-corrected chi connectivity index (χ0v) is 10.2. The molecule has 1 aromatic rings. The van der Waals surface area contributed by atoms with E-state index in [1.54, 1.807) is 0 Å². The van der Waals surface area contributed by atoms with E-state index in [-0.39, 0.29) is 12.1 Å². The maximum absolute atomic E-state index is 9.14. The van der Waals surface area contributed by atoms with Crippen molar-refractivity contribution in [3.8, 4) is 0 Å². The van der Waals surface area contributed by atoms with Crippen molar-refractivity contribution < 1.29 is 5.11 Å². The van der Waals surface area contributed by atoms with E-state index in [0.717, 1.165) is 9.05 Å². The van der Waals surface area contributed by atoms with Crippen LogP contribution in [0.1, 0.15) is 13.8 Å². The first-order valence-corrected chi connectivity index (χ1v) is 5.42. The zero-order chi connectivity index (χ0) is 10.1. The summed E-state index contributed by atoms with van der Waals surface area (Å²) in [6, 6.07) is 0. The fourth-order valence-electron chi connectivity index (χ4n) is 0.699. The van der Waals surface area contributed by atoms with Crippen LogP contribution in [0.4, 0.5) is 5.13 Å². The third-order valence-corrected chi connectivity index (χ3v) is 3.40. The van der Waals surface area contributed by atoms with Crippen LogP contribution >= 0.6 is 27.3 Å². The normalized spacial score (nSPS) is 11.8. The fraction of sp³-hybridized carbons (Fsp3) is 0.714. The minimum atomic E-state index is -0.307. The maximum atomic E-state index is 9.14. The lowest BCUT2D eigenvalue weighted by molar-refractivity contribution is 0.216. The molecule has 13 heavy (non-hydrogen) atoms. The number of hydrogen-bond donors (Lipinski definition) is 1. The smallest absolute Gasteiger partial charge is 0.209 e. The average Bonchev–Trinajstić information content (AvgIpc) is 2.50. The van der Waals surface area contributed by atoms with Crippen molar-refractivity contribution >= 4 is 32.4 Å². The molecule has 0 unspecified atom stereocenters. The number of anilines is 1. The van der Waals surface area contributed by atoms with Crippen LogP contribution in [-0.2, 0) is 0 Å². The topological polar surface area (TPSA) is 49.2 Å². The van der Waals surface area contributed by atoms with Crippen LogP contribution in [0.25, 0.3) is 0 Å². The molecule has 0 bridgehead atoms. The Balaban J connectivity index is 2.84. The van der Waals surface area contributed by atoms with E-state index >= 15 is 0 Å². The van der Waals surface area contributed by atoms with Gasteiger partial charge in [0.1, 0.15) is 0 Å². The molecule has 4 nitrogen and oxygen atoms in total. The first-order valence-electron chi connectivity index (χ1n) is 3.81. The molecule has 0 spiro atoms. The van der Waals surface area contributed by atoms with Crippen molar-refractivity contribution in [1.82, 2.24) is 10.2 Å². The molecule has 0 atom stereocenters. The molecule has 0 saturated heterocycles. The predicted octanol–water partition coefficient (Wildman–Crippen LogP) is 1.51. The fourth-order valence-corrected chi connectivity index (χ4v) is 1.91. The van der Waals surface area contributed by atoms with Crippen molar-refractivity contribution in [1.29, 1.82) is 0 Å². The van der Waals surface area contributed by atoms with E-state index in [0.29, 0.717) is 0 Å². The number of aliphatic hydroxyl groups is 1. The molecule has 74 valence electrons. The van der Waals surface area contributed by atoms with E-state index in [1.165, 1.54) is 11.3 Å². The molecule has 1 aromatic heterocycles. The second kappa shape index (κ2) is 3.89. The Labute approximate surface area is 89.7 Å². The molecule has 1 N–H and O–H groups in total. The maximum Gasteiger partial charge on any atom is 0.209 e. The Morgan fingerprint density at radius 1 is 1.54 bits per heavy atom. The van der Waals surface area contributed by atoms with Crippen LogP contribution in [0.5, 0.6) is 0 Å². The van der Waals surface area contributed by atoms with Gasteiger partial charge in [-0.2, -0.15) is 0 Å². The van der Waals surface area contributed by atoms with E-state index < -0.39 is 0 Å². The second-order valence-corrected chi connectivity index (χ2v) is 5.60. The van der Waals surface area contributed by atoms with Gasteiger partial charge < -0.3 is 10.0 Å². The van der Waals surface area contributed by atoms with Gasteiger partial charge in [0.05, 0.1) is 12.1 Å². The largest absolute Gasteiger partial charge is 0.394 e. The van der Waals surface area contributed by atoms with Gasteiger partial charge in [-0.15, -0.1) is 10.2 Å². The van der Waals surface area contributed by atoms with E-state index in [2.05, 4.69) is 26.1 Å². The molecule has 1 rings (SSSR count). The minimum absolute atomic E-state index is 0.0840. The predicted molar refractivity (Wildman–Crippen MR) is 57.2 cm³/mol. The number of rotatable bonds is 3. The van der Waals surface area contributed by atoms with Crippen molar-refractivity contribution in [2.75, 3.05) is 18.6 Å². The molecule has 0 saturated carbocycles. The van der Waals surface area contributed by atoms with Crippen molar-refractivity contribution in [3.63, 3.8) is 0 Å². The van der Waals surface area contributed by atoms with Crippen LogP contribution < -0.4 is 4.90 Å². The first kappa shape index (κ1) is 10.9. The van der Waals surface area contributed by atoms with E-state index in [9.17, 15) is 0 Å². The van der Waals surface area contributed by atoms with Gasteiger partial charge >= 0.3 is 0 Å². The highest BCUT2D eigenvalue weighted by atomic mass is 79.9. The molecule has 0 radical (unpaired) electrons. The third kappa shape index (κ3) is 2.38. The molecule has 0 amide bonds. The number of halogens is 1. The van der Waals surface area contributed by atoms with Crippen molar-refractivity contribution in [3.05, 3.63) is 3.92 Å². The van der Waals surface area contributed by atoms with Crippen LogP contribution in [0.3, 0.4) is 0 Å². The Morgan fingerprint density at radius 2 is 2.15 bits per heavy atom. The third-order valence-electron chi connectivity index (χ3n) is 1.97. The number of aromatic nitrogens is 2. The summed E-state index contributed by atoms with van der Waals surface area (Å²) < 4.78 is 0.753. The summed E-state index contributed by atoms with van der Waals surface area (Å²) >= 11 is 4.69. The van der Waals surface area contributed by atoms with Gasteiger partial charge in [-0.3, -0.25) is 0 Å². The minimum Gasteiger partial charge on any atom is -0.394 e. The molecule has 0 aliphatic carbocycles. The monoisotopic (exact) mass is 265 g/mol. The van der Waals surface area contributed by atoms with Crippen LogP contribution in [-0.4, -0.2) is 34.5 Å². The molecular weight excluding hydrogens is 254 g/mol. The number of hydrogen-bond acceptors (Lipinski definition) is 5. The zero-order valence-electron chi connectivity index (χ0n) is 7.78. The summed E-state index contributed by atoms with van der Waals surface area (Å²) in [5, 5.41) is 17.7. The summed E-state index contributed by atoms with van der Waals surface area (Å²) in [6.07, 6.45) is 0. The van der Waals surface area contributed by atoms with Gasteiger partial charge in [-0.25, -0.2) is 0 Å². The lowest BCUT2D eigenvalue weighted by Crippen LogP contribution is -2.44. The standard InChI is InChI=1S/C7H12BrN3OS/c1-7(2,4-12)11(3)6-10-9-5(8)13-6/h12H,4H2,1-3H3. The highest BCUT2D eigenvalue weighted by molar-refractivity contribution is 9.11. The van der Waals surface area contributed by atoms with Gasteiger partial charge in [0.15, 0.2) is 3.92 Å². The highest BCUT2D eigenvalue weighted by Crippen LogP contribution is 2.27. The highest BCUT2D eigenvalue weighted by Gasteiger charge is 2.25. The van der Waals surface area contributed by atoms with Gasteiger partial charge in [-0.05, 0) is 29.8 Å². The SMILES string of the molecule is CN(c1nnc(Br)s1)C(C)(C)CO. The number of likely N-dealkylation sites (N-methyl/N-ethyl adjacent to an activating group) is 1. The summed E-state index contributed by atoms with van der Waals surface area (Å²) in [6.45, 7) is 3.98. The molecule has 1 heterocycles. The Morgan fingerprint density at radius 3 is 2.54 bits per heavy atom. The Bertz CT molecular complexity index is 289. The van der Waals surface area contributed by atoms with Crippen molar-refractivity contribution in [2.45, 2.75) is 19.4 Å². The van der Waals surface area contributed by atoms with Crippen LogP contribution in [0.15, 0.2) is 3.92 Å². The number of nitrogens with zero attached hydrogens (tertiary/aromatic N) is 3. The lowest BCUT2D eigenvalue weighted by Gasteiger charge is -2.33. The van der Waals surface area contributed by atoms with Crippen LogP contribution in [0, 0.1) is 0 Å². The molecule has 0 aromatic carbocycles. The molecule has 6 heteroatoms.